The highest BCUT2D eigenvalue weighted by Crippen LogP contribution is 2.25. The predicted octanol–water partition coefficient (Wildman–Crippen LogP) is 1.36. The van der Waals surface area contributed by atoms with Gasteiger partial charge in [0.1, 0.15) is 0 Å². The Balaban J connectivity index is 1.62. The molecule has 1 unspecified atom stereocenters. The fourth-order valence-corrected chi connectivity index (χ4v) is 3.80. The Morgan fingerprint density at radius 1 is 1.40 bits per heavy atom. The molecule has 1 aromatic rings. The maximum absolute atomic E-state index is 12.2. The molecule has 2 N–H and O–H groups in total. The van der Waals surface area contributed by atoms with Crippen LogP contribution in [0.4, 0.5) is 5.69 Å². The van der Waals surface area contributed by atoms with Gasteiger partial charge in [-0.05, 0) is 42.9 Å². The fraction of sp³-hybridized carbons (Fsp3) is 0.571. The van der Waals surface area contributed by atoms with E-state index in [0.29, 0.717) is 17.4 Å². The zero-order chi connectivity index (χ0) is 14.0. The second kappa shape index (κ2) is 5.71. The van der Waals surface area contributed by atoms with E-state index in [1.807, 2.05) is 6.07 Å². The molecule has 0 bridgehead atoms. The molecule has 2 aliphatic rings. The van der Waals surface area contributed by atoms with Crippen LogP contribution in [0.3, 0.4) is 0 Å². The van der Waals surface area contributed by atoms with Gasteiger partial charge in [-0.1, -0.05) is 6.07 Å². The van der Waals surface area contributed by atoms with Crippen LogP contribution in [0.15, 0.2) is 23.1 Å². The largest absolute Gasteiger partial charge is 0.384 e. The Labute approximate surface area is 119 Å². The summed E-state index contributed by atoms with van der Waals surface area (Å²) < 4.78 is 32.4. The minimum absolute atomic E-state index is 0.341. The van der Waals surface area contributed by atoms with E-state index in [1.165, 1.54) is 5.56 Å². The van der Waals surface area contributed by atoms with Gasteiger partial charge in [0.2, 0.25) is 10.0 Å². The average Bonchev–Trinajstić information content (AvgIpc) is 3.08. The van der Waals surface area contributed by atoms with Crippen LogP contribution in [0, 0.1) is 5.92 Å². The van der Waals surface area contributed by atoms with Crippen molar-refractivity contribution in [3.8, 4) is 0 Å². The lowest BCUT2D eigenvalue weighted by Gasteiger charge is -2.10. The van der Waals surface area contributed by atoms with E-state index in [2.05, 4.69) is 10.0 Å². The summed E-state index contributed by atoms with van der Waals surface area (Å²) in [5, 5.41) is 3.20. The molecule has 0 radical (unpaired) electrons. The second-order valence-electron chi connectivity index (χ2n) is 5.41. The summed E-state index contributed by atoms with van der Waals surface area (Å²) in [6, 6.07) is 5.31. The summed E-state index contributed by atoms with van der Waals surface area (Å²) >= 11 is 0. The van der Waals surface area contributed by atoms with E-state index in [1.54, 1.807) is 12.1 Å². The molecule has 1 aromatic carbocycles. The number of hydrogen-bond donors (Lipinski definition) is 2. The topological polar surface area (TPSA) is 67.4 Å². The maximum Gasteiger partial charge on any atom is 0.240 e. The normalized spacial score (nSPS) is 21.7. The number of fused-ring (bicyclic) bond motifs is 1. The number of hydrogen-bond acceptors (Lipinski definition) is 4. The molecule has 0 aliphatic carbocycles. The summed E-state index contributed by atoms with van der Waals surface area (Å²) in [6.07, 6.45) is 2.83. The lowest BCUT2D eigenvalue weighted by molar-refractivity contribution is 0.184. The smallest absolute Gasteiger partial charge is 0.240 e. The molecule has 0 aromatic heterocycles. The first kappa shape index (κ1) is 13.9. The van der Waals surface area contributed by atoms with Gasteiger partial charge in [-0.15, -0.1) is 0 Å². The van der Waals surface area contributed by atoms with E-state index in [4.69, 9.17) is 4.74 Å². The van der Waals surface area contributed by atoms with Crippen LogP contribution in [0.25, 0.3) is 0 Å². The van der Waals surface area contributed by atoms with Gasteiger partial charge in [0, 0.05) is 32.0 Å². The Hall–Kier alpha value is -1.11. The van der Waals surface area contributed by atoms with Gasteiger partial charge in [-0.25, -0.2) is 13.1 Å². The van der Waals surface area contributed by atoms with E-state index in [9.17, 15) is 8.42 Å². The molecule has 1 fully saturated rings. The Morgan fingerprint density at radius 2 is 2.30 bits per heavy atom. The molecule has 1 atom stereocenters. The van der Waals surface area contributed by atoms with E-state index < -0.39 is 10.0 Å². The fourth-order valence-electron chi connectivity index (χ4n) is 2.73. The lowest BCUT2D eigenvalue weighted by Crippen LogP contribution is -2.26. The molecule has 2 aliphatic heterocycles. The highest BCUT2D eigenvalue weighted by Gasteiger charge is 2.20. The number of anilines is 1. The lowest BCUT2D eigenvalue weighted by atomic mass is 10.1. The first-order chi connectivity index (χ1) is 9.65. The number of nitrogens with one attached hydrogen (secondary N) is 2. The van der Waals surface area contributed by atoms with Crippen molar-refractivity contribution >= 4 is 15.7 Å². The molecular formula is C14H20N2O3S. The second-order valence-corrected chi connectivity index (χ2v) is 7.18. The number of rotatable bonds is 5. The van der Waals surface area contributed by atoms with Gasteiger partial charge in [0.25, 0.3) is 0 Å². The van der Waals surface area contributed by atoms with Crippen molar-refractivity contribution in [3.63, 3.8) is 0 Å². The summed E-state index contributed by atoms with van der Waals surface area (Å²) in [7, 11) is -3.40. The average molecular weight is 296 g/mol. The van der Waals surface area contributed by atoms with Crippen molar-refractivity contribution in [2.45, 2.75) is 24.2 Å². The third-order valence-corrected chi connectivity index (χ3v) is 5.43. The quantitative estimate of drug-likeness (QED) is 0.861. The zero-order valence-corrected chi connectivity index (χ0v) is 12.2. The summed E-state index contributed by atoms with van der Waals surface area (Å²) in [6.45, 7) is 2.91. The van der Waals surface area contributed by atoms with Crippen LogP contribution >= 0.6 is 0 Å². The van der Waals surface area contributed by atoms with E-state index >= 15 is 0 Å². The van der Waals surface area contributed by atoms with Gasteiger partial charge < -0.3 is 10.1 Å². The molecule has 110 valence electrons. The summed E-state index contributed by atoms with van der Waals surface area (Å²) in [5.41, 5.74) is 2.13. The van der Waals surface area contributed by atoms with Crippen molar-refractivity contribution < 1.29 is 13.2 Å². The molecule has 0 amide bonds. The predicted molar refractivity (Wildman–Crippen MR) is 77.4 cm³/mol. The SMILES string of the molecule is O=S(=O)(NCCC1CCOC1)c1ccc2c(c1)NCC2. The van der Waals surface area contributed by atoms with Crippen molar-refractivity contribution in [3.05, 3.63) is 23.8 Å². The minimum atomic E-state index is -3.40. The maximum atomic E-state index is 12.2. The highest BCUT2D eigenvalue weighted by atomic mass is 32.2. The monoisotopic (exact) mass is 296 g/mol. The van der Waals surface area contributed by atoms with Gasteiger partial charge in [0.05, 0.1) is 4.90 Å². The number of benzene rings is 1. The van der Waals surface area contributed by atoms with Crippen LogP contribution < -0.4 is 10.0 Å². The third kappa shape index (κ3) is 2.97. The van der Waals surface area contributed by atoms with Crippen molar-refractivity contribution in [2.24, 2.45) is 5.92 Å². The van der Waals surface area contributed by atoms with Crippen molar-refractivity contribution in [1.82, 2.24) is 4.72 Å². The molecular weight excluding hydrogens is 276 g/mol. The first-order valence-electron chi connectivity index (χ1n) is 7.09. The molecule has 3 rings (SSSR count). The van der Waals surface area contributed by atoms with Gasteiger partial charge in [0.15, 0.2) is 0 Å². The van der Waals surface area contributed by atoms with Gasteiger partial charge in [-0.3, -0.25) is 0 Å². The molecule has 2 heterocycles. The van der Waals surface area contributed by atoms with Gasteiger partial charge in [-0.2, -0.15) is 0 Å². The van der Waals surface area contributed by atoms with Crippen LogP contribution in [-0.2, 0) is 21.2 Å². The summed E-state index contributed by atoms with van der Waals surface area (Å²) in [5.74, 6) is 0.486. The standard InChI is InChI=1S/C14H20N2O3S/c17-20(18,16-7-3-11-5-8-19-10-11)13-2-1-12-4-6-15-14(12)9-13/h1-2,9,11,15-16H,3-8,10H2. The molecule has 0 spiro atoms. The Morgan fingerprint density at radius 3 is 3.10 bits per heavy atom. The van der Waals surface area contributed by atoms with E-state index in [0.717, 1.165) is 44.7 Å². The minimum Gasteiger partial charge on any atom is -0.384 e. The van der Waals surface area contributed by atoms with Crippen molar-refractivity contribution in [1.29, 1.82) is 0 Å². The van der Waals surface area contributed by atoms with Crippen molar-refractivity contribution in [2.75, 3.05) is 31.6 Å². The van der Waals surface area contributed by atoms with E-state index in [-0.39, 0.29) is 0 Å². The molecule has 20 heavy (non-hydrogen) atoms. The molecule has 1 saturated heterocycles. The van der Waals surface area contributed by atoms with Crippen LogP contribution in [0.1, 0.15) is 18.4 Å². The third-order valence-electron chi connectivity index (χ3n) is 3.97. The Bertz CT molecular complexity index is 580. The van der Waals surface area contributed by atoms with Crippen LogP contribution in [-0.4, -0.2) is 34.7 Å². The molecule has 6 heteroatoms. The first-order valence-corrected chi connectivity index (χ1v) is 8.58. The number of sulfonamides is 1. The Kier molecular flexibility index (Phi) is 3.96. The number of ether oxygens (including phenoxy) is 1. The molecule has 0 saturated carbocycles. The zero-order valence-electron chi connectivity index (χ0n) is 11.4. The molecule has 5 nitrogen and oxygen atoms in total. The van der Waals surface area contributed by atoms with Gasteiger partial charge >= 0.3 is 0 Å². The van der Waals surface area contributed by atoms with Crippen LogP contribution in [0.5, 0.6) is 0 Å². The summed E-state index contributed by atoms with van der Waals surface area (Å²) in [4.78, 5) is 0.341. The highest BCUT2D eigenvalue weighted by molar-refractivity contribution is 7.89. The van der Waals surface area contributed by atoms with Crippen LogP contribution in [0.2, 0.25) is 0 Å².